The largest absolute Gasteiger partial charge is 0.444 e. The Morgan fingerprint density at radius 3 is 2.54 bits per heavy atom. The van der Waals surface area contributed by atoms with Gasteiger partial charge in [0, 0.05) is 41.3 Å². The van der Waals surface area contributed by atoms with Crippen molar-refractivity contribution in [3.05, 3.63) is 35.7 Å². The quantitative estimate of drug-likeness (QED) is 0.428. The van der Waals surface area contributed by atoms with E-state index >= 15 is 0 Å². The van der Waals surface area contributed by atoms with Gasteiger partial charge in [-0.25, -0.2) is 9.78 Å². The molecule has 1 amide bonds. The molecule has 2 aliphatic heterocycles. The van der Waals surface area contributed by atoms with Crippen LogP contribution in [0.4, 0.5) is 22.2 Å². The van der Waals surface area contributed by atoms with Gasteiger partial charge < -0.3 is 25.4 Å². The summed E-state index contributed by atoms with van der Waals surface area (Å²) in [6.07, 6.45) is 3.41. The smallest absolute Gasteiger partial charge is 0.410 e. The van der Waals surface area contributed by atoms with Crippen LogP contribution in [0.2, 0.25) is 0 Å². The van der Waals surface area contributed by atoms with E-state index in [0.29, 0.717) is 17.3 Å². The molecule has 3 aromatic heterocycles. The Bertz CT molecular complexity index is 1220. The number of aryl methyl sites for hydroxylation is 1. The molecule has 3 atom stereocenters. The number of piperidine rings is 1. The number of carbonyl (C=O) groups excluding carboxylic acids is 1. The minimum absolute atomic E-state index is 0.130. The van der Waals surface area contributed by atoms with Crippen molar-refractivity contribution in [1.29, 1.82) is 0 Å². The Morgan fingerprint density at radius 1 is 1.17 bits per heavy atom. The summed E-state index contributed by atoms with van der Waals surface area (Å²) in [6.45, 7) is 7.51. The molecule has 2 saturated heterocycles. The van der Waals surface area contributed by atoms with Gasteiger partial charge in [-0.15, -0.1) is 0 Å². The summed E-state index contributed by atoms with van der Waals surface area (Å²) in [5.74, 6) is 2.01. The van der Waals surface area contributed by atoms with E-state index in [0.717, 1.165) is 48.1 Å². The lowest BCUT2D eigenvalue weighted by molar-refractivity contribution is 0.00683. The first-order valence-corrected chi connectivity index (χ1v) is 12.2. The van der Waals surface area contributed by atoms with Crippen molar-refractivity contribution in [2.45, 2.75) is 83.7 Å². The van der Waals surface area contributed by atoms with Crippen LogP contribution in [0.3, 0.4) is 0 Å². The Morgan fingerprint density at radius 2 is 1.91 bits per heavy atom. The fourth-order valence-electron chi connectivity index (χ4n) is 5.15. The Labute approximate surface area is 204 Å². The maximum Gasteiger partial charge on any atom is 0.410 e. The molecule has 0 spiro atoms. The first-order chi connectivity index (χ1) is 16.7. The molecule has 2 bridgehead atoms. The number of pyridine rings is 2. The lowest BCUT2D eigenvalue weighted by Gasteiger charge is -2.39. The van der Waals surface area contributed by atoms with Crippen LogP contribution in [-0.2, 0) is 11.3 Å². The van der Waals surface area contributed by atoms with Gasteiger partial charge in [0.2, 0.25) is 0 Å². The molecule has 3 aromatic rings. The zero-order chi connectivity index (χ0) is 24.7. The first-order valence-electron chi connectivity index (χ1n) is 12.2. The number of aromatic amines is 1. The second-order valence-corrected chi connectivity index (χ2v) is 10.5. The van der Waals surface area contributed by atoms with E-state index in [1.807, 2.05) is 56.9 Å². The summed E-state index contributed by atoms with van der Waals surface area (Å²) in [6, 6.07) is 7.99. The van der Waals surface area contributed by atoms with E-state index < -0.39 is 5.60 Å². The number of hydrogen-bond acceptors (Lipinski definition) is 8. The van der Waals surface area contributed by atoms with Crippen LogP contribution >= 0.6 is 0 Å². The van der Waals surface area contributed by atoms with Gasteiger partial charge in [-0.3, -0.25) is 10.1 Å². The monoisotopic (exact) mass is 479 g/mol. The third-order valence-electron chi connectivity index (χ3n) is 6.55. The Balaban J connectivity index is 1.39. The number of aliphatic hydroxyl groups excluding tert-OH is 1. The standard InChI is InChI=1S/C25H33N7O3/c1-14-9-22(31-30-14)28-21-12-20-19(8-5-15(13-33)26-20)23(29-21)27-16-10-17-6-7-18(11-16)32(17)24(34)35-25(2,3)4/h5,8-9,12,16-18,33H,6-7,10-11,13H2,1-4H3,(H3,27,28,29,30,31)/t16-,17+,18-. The van der Waals surface area contributed by atoms with Crippen molar-refractivity contribution in [2.24, 2.45) is 0 Å². The fraction of sp³-hybridized carbons (Fsp3) is 0.520. The summed E-state index contributed by atoms with van der Waals surface area (Å²) in [5.41, 5.74) is 1.77. The number of rotatable bonds is 5. The molecule has 5 heterocycles. The first kappa shape index (κ1) is 23.3. The maximum atomic E-state index is 12.8. The molecule has 2 fully saturated rings. The number of aromatic nitrogens is 4. The topological polar surface area (TPSA) is 128 Å². The molecule has 10 heteroatoms. The Hall–Kier alpha value is -3.40. The van der Waals surface area contributed by atoms with Gasteiger partial charge in [0.1, 0.15) is 17.2 Å². The lowest BCUT2D eigenvalue weighted by atomic mass is 9.97. The lowest BCUT2D eigenvalue weighted by Crippen LogP contribution is -2.51. The predicted molar refractivity (Wildman–Crippen MR) is 134 cm³/mol. The van der Waals surface area contributed by atoms with Crippen molar-refractivity contribution >= 4 is 34.4 Å². The van der Waals surface area contributed by atoms with Crippen LogP contribution in [0.1, 0.15) is 57.8 Å². The van der Waals surface area contributed by atoms with E-state index in [2.05, 4.69) is 25.8 Å². The van der Waals surface area contributed by atoms with Crippen molar-refractivity contribution in [2.75, 3.05) is 10.6 Å². The zero-order valence-electron chi connectivity index (χ0n) is 20.6. The molecule has 0 aromatic carbocycles. The van der Waals surface area contributed by atoms with E-state index in [9.17, 15) is 9.90 Å². The number of fused-ring (bicyclic) bond motifs is 3. The van der Waals surface area contributed by atoms with Crippen LogP contribution in [0.5, 0.6) is 0 Å². The molecule has 10 nitrogen and oxygen atoms in total. The van der Waals surface area contributed by atoms with Gasteiger partial charge in [0.15, 0.2) is 5.82 Å². The molecule has 0 saturated carbocycles. The van der Waals surface area contributed by atoms with Gasteiger partial charge in [0.05, 0.1) is 17.8 Å². The molecule has 4 N–H and O–H groups in total. The summed E-state index contributed by atoms with van der Waals surface area (Å²) in [7, 11) is 0. The highest BCUT2D eigenvalue weighted by molar-refractivity contribution is 5.91. The van der Waals surface area contributed by atoms with Crippen molar-refractivity contribution in [1.82, 2.24) is 25.1 Å². The second kappa shape index (κ2) is 8.99. The normalized spacial score (nSPS) is 21.9. The highest BCUT2D eigenvalue weighted by Crippen LogP contribution is 2.38. The Kier molecular flexibility index (Phi) is 6.00. The number of amides is 1. The number of aliphatic hydroxyl groups is 1. The van der Waals surface area contributed by atoms with Crippen LogP contribution in [0.15, 0.2) is 24.3 Å². The number of carbonyl (C=O) groups is 1. The molecular weight excluding hydrogens is 446 g/mol. The van der Waals surface area contributed by atoms with Gasteiger partial charge >= 0.3 is 6.09 Å². The van der Waals surface area contributed by atoms with Gasteiger partial charge in [-0.05, 0) is 65.5 Å². The second-order valence-electron chi connectivity index (χ2n) is 10.5. The molecule has 2 aliphatic rings. The predicted octanol–water partition coefficient (Wildman–Crippen LogP) is 4.24. The fourth-order valence-corrected chi connectivity index (χ4v) is 5.15. The minimum Gasteiger partial charge on any atom is -0.444 e. The van der Waals surface area contributed by atoms with Gasteiger partial charge in [0.25, 0.3) is 0 Å². The molecule has 186 valence electrons. The number of nitrogens with one attached hydrogen (secondary N) is 3. The number of H-pyrrole nitrogens is 1. The van der Waals surface area contributed by atoms with Crippen LogP contribution < -0.4 is 10.6 Å². The summed E-state index contributed by atoms with van der Waals surface area (Å²) in [5, 5.41) is 24.5. The molecule has 0 aliphatic carbocycles. The number of nitrogens with zero attached hydrogens (tertiary/aromatic N) is 4. The van der Waals surface area contributed by atoms with Crippen LogP contribution in [-0.4, -0.2) is 60.0 Å². The maximum absolute atomic E-state index is 12.8. The third kappa shape index (κ3) is 5.02. The van der Waals surface area contributed by atoms with E-state index in [1.165, 1.54) is 0 Å². The van der Waals surface area contributed by atoms with Crippen molar-refractivity contribution in [3.63, 3.8) is 0 Å². The number of hydrogen-bond donors (Lipinski definition) is 4. The molecule has 5 rings (SSSR count). The summed E-state index contributed by atoms with van der Waals surface area (Å²) in [4.78, 5) is 24.2. The van der Waals surface area contributed by atoms with Crippen LogP contribution in [0, 0.1) is 6.92 Å². The zero-order valence-corrected chi connectivity index (χ0v) is 20.6. The van der Waals surface area contributed by atoms with Crippen molar-refractivity contribution in [3.8, 4) is 0 Å². The van der Waals surface area contributed by atoms with Crippen molar-refractivity contribution < 1.29 is 14.6 Å². The number of ether oxygens (including phenoxy) is 1. The van der Waals surface area contributed by atoms with E-state index in [4.69, 9.17) is 9.72 Å². The van der Waals surface area contributed by atoms with Gasteiger partial charge in [-0.1, -0.05) is 0 Å². The summed E-state index contributed by atoms with van der Waals surface area (Å²) >= 11 is 0. The summed E-state index contributed by atoms with van der Waals surface area (Å²) < 4.78 is 5.67. The van der Waals surface area contributed by atoms with E-state index in [-0.39, 0.29) is 30.8 Å². The molecule has 35 heavy (non-hydrogen) atoms. The molecular formula is C25H33N7O3. The van der Waals surface area contributed by atoms with E-state index in [1.54, 1.807) is 0 Å². The average Bonchev–Trinajstić information content (AvgIpc) is 3.31. The minimum atomic E-state index is -0.505. The molecule has 0 unspecified atom stereocenters. The SMILES string of the molecule is Cc1cc(Nc2cc3nc(CO)ccc3c(N[C@H]3C[C@H]4CC[C@@H](C3)N4C(=O)OC(C)(C)C)n2)n[nH]1. The van der Waals surface area contributed by atoms with Gasteiger partial charge in [-0.2, -0.15) is 5.10 Å². The third-order valence-corrected chi connectivity index (χ3v) is 6.55. The number of anilines is 3. The molecule has 0 radical (unpaired) electrons. The highest BCUT2D eigenvalue weighted by atomic mass is 16.6. The van der Waals surface area contributed by atoms with Crippen LogP contribution in [0.25, 0.3) is 10.9 Å². The average molecular weight is 480 g/mol. The highest BCUT2D eigenvalue weighted by Gasteiger charge is 2.45.